The van der Waals surface area contributed by atoms with Crippen molar-refractivity contribution in [1.29, 1.82) is 0 Å². The fraction of sp³-hybridized carbons (Fsp3) is 0.529. The molecule has 0 saturated heterocycles. The Morgan fingerprint density at radius 1 is 1.26 bits per heavy atom. The van der Waals surface area contributed by atoms with Crippen LogP contribution in [-0.4, -0.2) is 35.5 Å². The van der Waals surface area contributed by atoms with Crippen LogP contribution in [0.2, 0.25) is 5.02 Å². The second-order valence-corrected chi connectivity index (χ2v) is 6.80. The van der Waals surface area contributed by atoms with Gasteiger partial charge < -0.3 is 5.32 Å². The van der Waals surface area contributed by atoms with Gasteiger partial charge in [0.25, 0.3) is 0 Å². The summed E-state index contributed by atoms with van der Waals surface area (Å²) in [6.07, 6.45) is 4.16. The molecule has 2 N–H and O–H groups in total. The number of imide groups is 1. The summed E-state index contributed by atoms with van der Waals surface area (Å²) < 4.78 is 0. The number of hydrogen-bond donors (Lipinski definition) is 2. The van der Waals surface area contributed by atoms with E-state index >= 15 is 0 Å². The van der Waals surface area contributed by atoms with E-state index in [9.17, 15) is 9.59 Å². The van der Waals surface area contributed by atoms with E-state index < -0.39 is 6.03 Å². The van der Waals surface area contributed by atoms with Gasteiger partial charge in [0.05, 0.1) is 6.54 Å². The zero-order valence-electron chi connectivity index (χ0n) is 13.2. The quantitative estimate of drug-likeness (QED) is 0.840. The molecule has 0 heterocycles. The summed E-state index contributed by atoms with van der Waals surface area (Å²) in [6.45, 7) is 2.26. The third-order valence-corrected chi connectivity index (χ3v) is 4.70. The topological polar surface area (TPSA) is 61.4 Å². The van der Waals surface area contributed by atoms with Gasteiger partial charge in [-0.1, -0.05) is 29.8 Å². The number of halogens is 1. The monoisotopic (exact) mass is 335 g/mol. The van der Waals surface area contributed by atoms with Crippen LogP contribution >= 0.6 is 11.6 Å². The molecule has 2 aliphatic rings. The van der Waals surface area contributed by atoms with Crippen molar-refractivity contribution in [2.24, 2.45) is 0 Å². The summed E-state index contributed by atoms with van der Waals surface area (Å²) in [6, 6.07) is 7.97. The molecule has 23 heavy (non-hydrogen) atoms. The van der Waals surface area contributed by atoms with Crippen molar-refractivity contribution < 1.29 is 9.59 Å². The van der Waals surface area contributed by atoms with Gasteiger partial charge in [-0.25, -0.2) is 4.79 Å². The minimum absolute atomic E-state index is 0.0356. The highest BCUT2D eigenvalue weighted by atomic mass is 35.5. The van der Waals surface area contributed by atoms with Crippen molar-refractivity contribution in [3.8, 4) is 0 Å². The Morgan fingerprint density at radius 2 is 1.96 bits per heavy atom. The lowest BCUT2D eigenvalue weighted by Crippen LogP contribution is -2.46. The smallest absolute Gasteiger partial charge is 0.321 e. The van der Waals surface area contributed by atoms with Crippen LogP contribution in [0.4, 0.5) is 4.79 Å². The van der Waals surface area contributed by atoms with E-state index in [-0.39, 0.29) is 24.5 Å². The Kier molecular flexibility index (Phi) is 4.87. The van der Waals surface area contributed by atoms with Crippen LogP contribution < -0.4 is 10.6 Å². The SMILES string of the molecule is CC(c1ccccc1Cl)N(CC(=O)NC(=O)NC1CC1)C1CC1. The standard InChI is InChI=1S/C17H22ClN3O2/c1-11(14-4-2-3-5-15(14)18)21(13-8-9-13)10-16(22)20-17(23)19-12-6-7-12/h2-5,11-13H,6-10H2,1H3,(H2,19,20,22,23). The van der Waals surface area contributed by atoms with Crippen LogP contribution in [0.5, 0.6) is 0 Å². The third kappa shape index (κ3) is 4.45. The first-order valence-electron chi connectivity index (χ1n) is 8.15. The fourth-order valence-corrected chi connectivity index (χ4v) is 3.06. The molecule has 6 heteroatoms. The molecular formula is C17H22ClN3O2. The normalized spacial score (nSPS) is 18.6. The molecule has 1 unspecified atom stereocenters. The highest BCUT2D eigenvalue weighted by Crippen LogP contribution is 2.36. The minimum atomic E-state index is -0.390. The van der Waals surface area contributed by atoms with E-state index in [1.165, 1.54) is 0 Å². The van der Waals surface area contributed by atoms with Crippen molar-refractivity contribution in [2.75, 3.05) is 6.54 Å². The van der Waals surface area contributed by atoms with E-state index in [4.69, 9.17) is 11.6 Å². The highest BCUT2D eigenvalue weighted by molar-refractivity contribution is 6.31. The Morgan fingerprint density at radius 3 is 2.57 bits per heavy atom. The summed E-state index contributed by atoms with van der Waals surface area (Å²) in [5.41, 5.74) is 1.01. The van der Waals surface area contributed by atoms with Gasteiger partial charge in [-0.15, -0.1) is 0 Å². The maximum Gasteiger partial charge on any atom is 0.321 e. The average Bonchev–Trinajstić information content (AvgIpc) is 3.38. The second-order valence-electron chi connectivity index (χ2n) is 6.40. The number of benzene rings is 1. The maximum absolute atomic E-state index is 12.2. The fourth-order valence-electron chi connectivity index (χ4n) is 2.76. The van der Waals surface area contributed by atoms with Gasteiger partial charge in [-0.3, -0.25) is 15.0 Å². The lowest BCUT2D eigenvalue weighted by atomic mass is 10.1. The summed E-state index contributed by atoms with van der Waals surface area (Å²) in [4.78, 5) is 26.0. The maximum atomic E-state index is 12.2. The zero-order valence-corrected chi connectivity index (χ0v) is 14.0. The number of urea groups is 1. The zero-order chi connectivity index (χ0) is 16.4. The summed E-state index contributed by atoms with van der Waals surface area (Å²) >= 11 is 6.28. The molecule has 3 rings (SSSR count). The van der Waals surface area contributed by atoms with Gasteiger partial charge in [-0.2, -0.15) is 0 Å². The Hall–Kier alpha value is -1.59. The number of nitrogens with one attached hydrogen (secondary N) is 2. The predicted molar refractivity (Wildman–Crippen MR) is 89.3 cm³/mol. The molecule has 0 aromatic heterocycles. The van der Waals surface area contributed by atoms with E-state index in [0.29, 0.717) is 11.1 Å². The van der Waals surface area contributed by atoms with Gasteiger partial charge in [-0.05, 0) is 44.2 Å². The summed E-state index contributed by atoms with van der Waals surface area (Å²) in [7, 11) is 0. The highest BCUT2D eigenvalue weighted by Gasteiger charge is 2.35. The van der Waals surface area contributed by atoms with Crippen molar-refractivity contribution >= 4 is 23.5 Å². The second kappa shape index (κ2) is 6.89. The van der Waals surface area contributed by atoms with Crippen LogP contribution in [0, 0.1) is 0 Å². The largest absolute Gasteiger partial charge is 0.335 e. The Labute approximate surface area is 141 Å². The van der Waals surface area contributed by atoms with E-state index in [0.717, 1.165) is 31.2 Å². The molecule has 2 saturated carbocycles. The van der Waals surface area contributed by atoms with Crippen LogP contribution in [0.3, 0.4) is 0 Å². The number of hydrogen-bond acceptors (Lipinski definition) is 3. The van der Waals surface area contributed by atoms with Crippen LogP contribution in [-0.2, 0) is 4.79 Å². The van der Waals surface area contributed by atoms with Gasteiger partial charge in [0, 0.05) is 23.1 Å². The number of nitrogens with zero attached hydrogens (tertiary/aromatic N) is 1. The molecule has 0 bridgehead atoms. The Balaban J connectivity index is 1.61. The number of carbonyl (C=O) groups is 2. The molecule has 5 nitrogen and oxygen atoms in total. The first-order valence-corrected chi connectivity index (χ1v) is 8.53. The van der Waals surface area contributed by atoms with Gasteiger partial charge in [0.1, 0.15) is 0 Å². The van der Waals surface area contributed by atoms with Crippen molar-refractivity contribution in [3.63, 3.8) is 0 Å². The van der Waals surface area contributed by atoms with Gasteiger partial charge >= 0.3 is 6.03 Å². The first-order chi connectivity index (χ1) is 11.0. The van der Waals surface area contributed by atoms with Crippen LogP contribution in [0.15, 0.2) is 24.3 Å². The molecule has 124 valence electrons. The van der Waals surface area contributed by atoms with E-state index in [1.54, 1.807) is 0 Å². The van der Waals surface area contributed by atoms with Crippen LogP contribution in [0.25, 0.3) is 0 Å². The lowest BCUT2D eigenvalue weighted by molar-refractivity contribution is -0.121. The average molecular weight is 336 g/mol. The molecule has 1 atom stereocenters. The molecule has 1 aromatic rings. The van der Waals surface area contributed by atoms with Gasteiger partial charge in [0.15, 0.2) is 0 Å². The predicted octanol–water partition coefficient (Wildman–Crippen LogP) is 2.85. The molecular weight excluding hydrogens is 314 g/mol. The number of carbonyl (C=O) groups excluding carboxylic acids is 2. The molecule has 1 aromatic carbocycles. The number of rotatable bonds is 6. The van der Waals surface area contributed by atoms with E-state index in [1.807, 2.05) is 24.3 Å². The summed E-state index contributed by atoms with van der Waals surface area (Å²) in [5.74, 6) is -0.269. The lowest BCUT2D eigenvalue weighted by Gasteiger charge is -2.29. The minimum Gasteiger partial charge on any atom is -0.335 e. The first kappa shape index (κ1) is 16.3. The van der Waals surface area contributed by atoms with E-state index in [2.05, 4.69) is 22.5 Å². The van der Waals surface area contributed by atoms with Crippen molar-refractivity contribution in [3.05, 3.63) is 34.9 Å². The van der Waals surface area contributed by atoms with Crippen LogP contribution in [0.1, 0.15) is 44.2 Å². The molecule has 0 spiro atoms. The summed E-state index contributed by atoms with van der Waals surface area (Å²) in [5, 5.41) is 5.89. The number of amides is 3. The molecule has 3 amide bonds. The molecule has 0 radical (unpaired) electrons. The van der Waals surface area contributed by atoms with Crippen molar-refractivity contribution in [1.82, 2.24) is 15.5 Å². The third-order valence-electron chi connectivity index (χ3n) is 4.36. The van der Waals surface area contributed by atoms with Crippen molar-refractivity contribution in [2.45, 2.75) is 50.7 Å². The Bertz CT molecular complexity index is 599. The molecule has 0 aliphatic heterocycles. The van der Waals surface area contributed by atoms with Gasteiger partial charge in [0.2, 0.25) is 5.91 Å². The molecule has 2 fully saturated rings. The molecule has 2 aliphatic carbocycles.